The number of pyridine rings is 1. The number of nitriles is 1. The maximum absolute atomic E-state index is 12.6. The van der Waals surface area contributed by atoms with Crippen LogP contribution in [0, 0.1) is 11.3 Å². The lowest BCUT2D eigenvalue weighted by atomic mass is 10.2. The summed E-state index contributed by atoms with van der Waals surface area (Å²) in [6.45, 7) is 2.49. The minimum atomic E-state index is -5.87. The number of fused-ring (bicyclic) bond motifs is 1. The highest BCUT2D eigenvalue weighted by Crippen LogP contribution is 2.32. The Labute approximate surface area is 135 Å². The van der Waals surface area contributed by atoms with E-state index in [4.69, 9.17) is 5.26 Å². The van der Waals surface area contributed by atoms with Gasteiger partial charge in [-0.1, -0.05) is 13.3 Å². The molecule has 0 atom stereocenters. The third-order valence-corrected chi connectivity index (χ3v) is 4.01. The topological polar surface area (TPSA) is 96.5 Å². The molecule has 0 amide bonds. The van der Waals surface area contributed by atoms with Gasteiger partial charge in [0, 0.05) is 12.6 Å². The van der Waals surface area contributed by atoms with E-state index < -0.39 is 21.4 Å². The van der Waals surface area contributed by atoms with Crippen molar-refractivity contribution in [1.82, 2.24) is 9.61 Å². The molecule has 24 heavy (non-hydrogen) atoms. The Kier molecular flexibility index (Phi) is 4.88. The van der Waals surface area contributed by atoms with E-state index in [9.17, 15) is 21.6 Å². The molecular weight excluding hydrogens is 349 g/mol. The molecule has 0 saturated carbocycles. The van der Waals surface area contributed by atoms with Gasteiger partial charge in [-0.3, -0.25) is 0 Å². The number of hydrogen-bond donors (Lipinski definition) is 1. The Morgan fingerprint density at radius 3 is 2.75 bits per heavy atom. The highest BCUT2D eigenvalue weighted by molar-refractivity contribution is 7.88. The second-order valence-electron chi connectivity index (χ2n) is 4.82. The Hall–Kier alpha value is -2.48. The van der Waals surface area contributed by atoms with E-state index in [1.807, 2.05) is 6.92 Å². The van der Waals surface area contributed by atoms with Crippen LogP contribution in [0.25, 0.3) is 5.52 Å². The molecule has 1 N–H and O–H groups in total. The average molecular weight is 362 g/mol. The van der Waals surface area contributed by atoms with E-state index in [0.29, 0.717) is 12.2 Å². The normalized spacial score (nSPS) is 12.1. The fraction of sp³-hybridized carbons (Fsp3) is 0.385. The zero-order valence-corrected chi connectivity index (χ0v) is 13.3. The maximum atomic E-state index is 12.6. The van der Waals surface area contributed by atoms with E-state index >= 15 is 0 Å². The van der Waals surface area contributed by atoms with Crippen molar-refractivity contribution < 1.29 is 25.8 Å². The summed E-state index contributed by atoms with van der Waals surface area (Å²) in [5.74, 6) is -0.622. The van der Waals surface area contributed by atoms with Crippen LogP contribution >= 0.6 is 0 Å². The van der Waals surface area contributed by atoms with Crippen molar-refractivity contribution in [3.05, 3.63) is 24.0 Å². The smallest absolute Gasteiger partial charge is 0.384 e. The minimum absolute atomic E-state index is 0.109. The summed E-state index contributed by atoms with van der Waals surface area (Å²) in [7, 11) is -5.87. The van der Waals surface area contributed by atoms with E-state index in [1.54, 1.807) is 6.07 Å². The lowest BCUT2D eigenvalue weighted by Crippen LogP contribution is -2.28. The van der Waals surface area contributed by atoms with Crippen molar-refractivity contribution in [1.29, 1.82) is 5.26 Å². The van der Waals surface area contributed by atoms with Gasteiger partial charge in [-0.05, 0) is 6.42 Å². The summed E-state index contributed by atoms with van der Waals surface area (Å²) in [5, 5.41) is 15.8. The predicted octanol–water partition coefficient (Wildman–Crippen LogP) is 2.65. The largest absolute Gasteiger partial charge is 0.534 e. The zero-order chi connectivity index (χ0) is 18.0. The molecule has 0 unspecified atom stereocenters. The van der Waals surface area contributed by atoms with Crippen LogP contribution in [0.3, 0.4) is 0 Å². The van der Waals surface area contributed by atoms with Gasteiger partial charge in [0.2, 0.25) is 0 Å². The molecule has 0 bridgehead atoms. The molecular formula is C13H13F3N4O3S. The Morgan fingerprint density at radius 2 is 2.17 bits per heavy atom. The molecule has 0 aromatic carbocycles. The number of unbranched alkanes of at least 4 members (excludes halogenated alkanes) is 1. The van der Waals surface area contributed by atoms with E-state index in [0.717, 1.165) is 29.6 Å². The van der Waals surface area contributed by atoms with Crippen LogP contribution in [0.1, 0.15) is 25.3 Å². The number of rotatable bonds is 6. The van der Waals surface area contributed by atoms with Gasteiger partial charge in [-0.2, -0.15) is 31.9 Å². The van der Waals surface area contributed by atoms with Crippen LogP contribution in [0.5, 0.6) is 5.75 Å². The first-order valence-corrected chi connectivity index (χ1v) is 8.26. The monoisotopic (exact) mass is 362 g/mol. The van der Waals surface area contributed by atoms with Crippen LogP contribution in [-0.4, -0.2) is 30.1 Å². The van der Waals surface area contributed by atoms with Gasteiger partial charge >= 0.3 is 15.6 Å². The summed E-state index contributed by atoms with van der Waals surface area (Å²) in [5.41, 5.74) is -5.53. The standard InChI is InChI=1S/C13H13F3N4O3S/c1-2-3-4-18-10-5-11(23-24(21,22)13(14,15)16)12-9(6-17)7-19-20(12)8-10/h5,7-8,18H,2-4H2,1H3. The van der Waals surface area contributed by atoms with Gasteiger partial charge < -0.3 is 9.50 Å². The molecule has 7 nitrogen and oxygen atoms in total. The first-order valence-electron chi connectivity index (χ1n) is 6.85. The number of halogens is 3. The van der Waals surface area contributed by atoms with Gasteiger partial charge in [0.1, 0.15) is 17.1 Å². The lowest BCUT2D eigenvalue weighted by molar-refractivity contribution is -0.0499. The molecule has 0 spiro atoms. The Morgan fingerprint density at radius 1 is 1.46 bits per heavy atom. The van der Waals surface area contributed by atoms with E-state index in [2.05, 4.69) is 14.6 Å². The van der Waals surface area contributed by atoms with E-state index in [-0.39, 0.29) is 11.1 Å². The SMILES string of the molecule is CCCCNc1cc(OS(=O)(=O)C(F)(F)F)c2c(C#N)cnn2c1. The van der Waals surface area contributed by atoms with Crippen LogP contribution in [0.2, 0.25) is 0 Å². The van der Waals surface area contributed by atoms with Crippen molar-refractivity contribution in [2.75, 3.05) is 11.9 Å². The number of alkyl halides is 3. The highest BCUT2D eigenvalue weighted by atomic mass is 32.2. The molecule has 0 saturated heterocycles. The molecule has 0 fully saturated rings. The molecule has 0 aliphatic rings. The minimum Gasteiger partial charge on any atom is -0.384 e. The Balaban J connectivity index is 2.52. The van der Waals surface area contributed by atoms with Gasteiger partial charge in [-0.25, -0.2) is 4.52 Å². The summed E-state index contributed by atoms with van der Waals surface area (Å²) >= 11 is 0. The average Bonchev–Trinajstić information content (AvgIpc) is 2.89. The molecule has 0 aliphatic heterocycles. The second-order valence-corrected chi connectivity index (χ2v) is 6.36. The van der Waals surface area contributed by atoms with Crippen molar-refractivity contribution in [2.24, 2.45) is 0 Å². The van der Waals surface area contributed by atoms with Crippen molar-refractivity contribution >= 4 is 21.3 Å². The van der Waals surface area contributed by atoms with Crippen LogP contribution in [0.4, 0.5) is 18.9 Å². The maximum Gasteiger partial charge on any atom is 0.534 e. The molecule has 2 rings (SSSR count). The summed E-state index contributed by atoms with van der Waals surface area (Å²) in [4.78, 5) is 0. The number of hydrogen-bond acceptors (Lipinski definition) is 6. The first-order chi connectivity index (χ1) is 11.2. The number of nitrogens with one attached hydrogen (secondary N) is 1. The lowest BCUT2D eigenvalue weighted by Gasteiger charge is -2.13. The molecule has 11 heteroatoms. The third kappa shape index (κ3) is 3.53. The van der Waals surface area contributed by atoms with Gasteiger partial charge in [0.05, 0.1) is 18.1 Å². The Bertz CT molecular complexity index is 884. The second kappa shape index (κ2) is 6.56. The van der Waals surface area contributed by atoms with Gasteiger partial charge in [0.15, 0.2) is 5.75 Å². The summed E-state index contributed by atoms with van der Waals surface area (Å²) < 4.78 is 65.6. The van der Waals surface area contributed by atoms with Crippen molar-refractivity contribution in [2.45, 2.75) is 25.3 Å². The highest BCUT2D eigenvalue weighted by Gasteiger charge is 2.49. The molecule has 0 aliphatic carbocycles. The van der Waals surface area contributed by atoms with Gasteiger partial charge in [-0.15, -0.1) is 0 Å². The zero-order valence-electron chi connectivity index (χ0n) is 12.5. The fourth-order valence-electron chi connectivity index (χ4n) is 1.90. The van der Waals surface area contributed by atoms with Crippen LogP contribution in [0.15, 0.2) is 18.5 Å². The molecule has 130 valence electrons. The number of nitrogens with zero attached hydrogens (tertiary/aromatic N) is 3. The van der Waals surface area contributed by atoms with Crippen LogP contribution < -0.4 is 9.50 Å². The molecule has 2 heterocycles. The first kappa shape index (κ1) is 17.9. The van der Waals surface area contributed by atoms with Gasteiger partial charge in [0.25, 0.3) is 0 Å². The summed E-state index contributed by atoms with van der Waals surface area (Å²) in [6, 6.07) is 2.82. The van der Waals surface area contributed by atoms with Crippen molar-refractivity contribution in [3.8, 4) is 11.8 Å². The third-order valence-electron chi connectivity index (χ3n) is 3.04. The van der Waals surface area contributed by atoms with Crippen LogP contribution in [-0.2, 0) is 10.1 Å². The molecule has 2 aromatic heterocycles. The fourth-order valence-corrected chi connectivity index (χ4v) is 2.36. The molecule has 0 radical (unpaired) electrons. The predicted molar refractivity (Wildman–Crippen MR) is 78.9 cm³/mol. The van der Waals surface area contributed by atoms with E-state index in [1.165, 1.54) is 6.20 Å². The number of anilines is 1. The summed E-state index contributed by atoms with van der Waals surface area (Å²) in [6.07, 6.45) is 4.23. The quantitative estimate of drug-likeness (QED) is 0.482. The van der Waals surface area contributed by atoms with Crippen molar-refractivity contribution in [3.63, 3.8) is 0 Å². The number of aromatic nitrogens is 2. The molecule has 2 aromatic rings.